The van der Waals surface area contributed by atoms with Crippen LogP contribution in [0.2, 0.25) is 0 Å². The largest absolute Gasteiger partial charge is 0.481 e. The lowest BCUT2D eigenvalue weighted by Gasteiger charge is -2.18. The van der Waals surface area contributed by atoms with Crippen LogP contribution in [0.15, 0.2) is 0 Å². The van der Waals surface area contributed by atoms with E-state index in [1.807, 2.05) is 0 Å². The van der Waals surface area contributed by atoms with Gasteiger partial charge in [0.2, 0.25) is 5.91 Å². The van der Waals surface area contributed by atoms with Gasteiger partial charge in [-0.25, -0.2) is 0 Å². The van der Waals surface area contributed by atoms with E-state index in [-0.39, 0.29) is 24.9 Å². The predicted molar refractivity (Wildman–Crippen MR) is 196 cm³/mol. The molecule has 46 heavy (non-hydrogen) atoms. The van der Waals surface area contributed by atoms with Crippen LogP contribution in [0.3, 0.4) is 0 Å². The molecule has 0 aliphatic heterocycles. The summed E-state index contributed by atoms with van der Waals surface area (Å²) >= 11 is 0. The summed E-state index contributed by atoms with van der Waals surface area (Å²) in [6.45, 7) is 7.11. The zero-order valence-electron chi connectivity index (χ0n) is 30.9. The van der Waals surface area contributed by atoms with Crippen LogP contribution in [-0.4, -0.2) is 49.5 Å². The molecule has 6 nitrogen and oxygen atoms in total. The number of hydrogen-bond acceptors (Lipinski definition) is 4. The monoisotopic (exact) mass is 654 g/mol. The Bertz CT molecular complexity index is 629. The topological polar surface area (TPSA) is 84.9 Å². The molecule has 0 rings (SSSR count). The molecule has 0 aliphatic carbocycles. The summed E-state index contributed by atoms with van der Waals surface area (Å²) in [5.41, 5.74) is 0. The van der Waals surface area contributed by atoms with Crippen molar-refractivity contribution in [2.24, 2.45) is 0 Å². The molecule has 0 aromatic carbocycles. The van der Waals surface area contributed by atoms with Gasteiger partial charge < -0.3 is 19.9 Å². The Morgan fingerprint density at radius 2 is 0.891 bits per heavy atom. The second kappa shape index (κ2) is 38.3. The number of nitrogens with one attached hydrogen (secondary N) is 1. The highest BCUT2D eigenvalue weighted by atomic mass is 16.5. The smallest absolute Gasteiger partial charge is 0.303 e. The number of carboxylic acid groups (broad SMARTS) is 1. The van der Waals surface area contributed by atoms with Gasteiger partial charge in [0.15, 0.2) is 0 Å². The highest BCUT2D eigenvalue weighted by Gasteiger charge is 2.11. The number of rotatable bonds is 39. The van der Waals surface area contributed by atoms with Crippen LogP contribution in [-0.2, 0) is 19.1 Å². The summed E-state index contributed by atoms with van der Waals surface area (Å²) in [5, 5.41) is 11.6. The minimum absolute atomic E-state index is 0.0233. The maximum atomic E-state index is 11.9. The summed E-state index contributed by atoms with van der Waals surface area (Å²) < 4.78 is 12.2. The van der Waals surface area contributed by atoms with E-state index in [1.165, 1.54) is 167 Å². The Hall–Kier alpha value is -1.14. The molecule has 1 amide bonds. The summed E-state index contributed by atoms with van der Waals surface area (Å²) in [4.78, 5) is 22.6. The minimum Gasteiger partial charge on any atom is -0.481 e. The third kappa shape index (κ3) is 37.3. The van der Waals surface area contributed by atoms with Crippen LogP contribution >= 0.6 is 0 Å². The molecular formula is C40H79NO5. The van der Waals surface area contributed by atoms with Crippen LogP contribution in [0.4, 0.5) is 0 Å². The molecule has 0 radical (unpaired) electrons. The number of carbonyl (C=O) groups is 2. The predicted octanol–water partition coefficient (Wildman–Crippen LogP) is 11.7. The fourth-order valence-electron chi connectivity index (χ4n) is 6.06. The van der Waals surface area contributed by atoms with Crippen LogP contribution in [0.25, 0.3) is 0 Å². The standard InChI is InChI=1S/C40H79NO5/c1-3-5-7-9-11-13-15-17-19-21-23-25-27-29-35-45-37-38(33-34-41-39(42)31-32-40(43)44)46-36-30-28-26-24-22-20-18-16-14-12-10-8-6-4-2/h38H,3-37H2,1-2H3,(H,41,42)(H,43,44). The van der Waals surface area contributed by atoms with E-state index in [0.29, 0.717) is 19.6 Å². The van der Waals surface area contributed by atoms with Gasteiger partial charge in [0, 0.05) is 26.2 Å². The van der Waals surface area contributed by atoms with Crippen molar-refractivity contribution < 1.29 is 24.2 Å². The average Bonchev–Trinajstić information content (AvgIpc) is 3.05. The van der Waals surface area contributed by atoms with Crippen LogP contribution < -0.4 is 5.32 Å². The lowest BCUT2D eigenvalue weighted by Crippen LogP contribution is -2.30. The Morgan fingerprint density at radius 3 is 1.28 bits per heavy atom. The molecule has 0 aliphatic rings. The van der Waals surface area contributed by atoms with Gasteiger partial charge in [-0.15, -0.1) is 0 Å². The summed E-state index contributed by atoms with van der Waals surface area (Å²) in [7, 11) is 0. The van der Waals surface area contributed by atoms with Crippen molar-refractivity contribution in [1.82, 2.24) is 5.32 Å². The van der Waals surface area contributed by atoms with Gasteiger partial charge in [0.25, 0.3) is 0 Å². The first kappa shape index (κ1) is 44.9. The third-order valence-corrected chi connectivity index (χ3v) is 9.15. The Labute approximate surface area is 286 Å². The molecule has 0 spiro atoms. The first-order valence-corrected chi connectivity index (χ1v) is 20.3. The Balaban J connectivity index is 3.89. The highest BCUT2D eigenvalue weighted by Crippen LogP contribution is 2.15. The summed E-state index contributed by atoms with van der Waals surface area (Å²) in [6, 6.07) is 0. The lowest BCUT2D eigenvalue weighted by molar-refractivity contribution is -0.138. The fourth-order valence-corrected chi connectivity index (χ4v) is 6.06. The minimum atomic E-state index is -0.943. The van der Waals surface area contributed by atoms with Crippen molar-refractivity contribution in [1.29, 1.82) is 0 Å². The number of ether oxygens (including phenoxy) is 2. The molecule has 2 N–H and O–H groups in total. The van der Waals surface area contributed by atoms with Crippen molar-refractivity contribution in [3.05, 3.63) is 0 Å². The third-order valence-electron chi connectivity index (χ3n) is 9.15. The quantitative estimate of drug-likeness (QED) is 0.0645. The van der Waals surface area contributed by atoms with Crippen LogP contribution in [0, 0.1) is 0 Å². The van der Waals surface area contributed by atoms with Crippen LogP contribution in [0.5, 0.6) is 0 Å². The molecule has 6 heteroatoms. The van der Waals surface area contributed by atoms with Gasteiger partial charge in [0.1, 0.15) is 0 Å². The molecule has 0 heterocycles. The van der Waals surface area contributed by atoms with Crippen LogP contribution in [0.1, 0.15) is 213 Å². The zero-order chi connectivity index (χ0) is 33.6. The van der Waals surface area contributed by atoms with Crippen molar-refractivity contribution in [2.75, 3.05) is 26.4 Å². The van der Waals surface area contributed by atoms with E-state index < -0.39 is 5.97 Å². The molecular weight excluding hydrogens is 574 g/mol. The normalized spacial score (nSPS) is 12.0. The van der Waals surface area contributed by atoms with Crippen molar-refractivity contribution in [3.63, 3.8) is 0 Å². The average molecular weight is 654 g/mol. The van der Waals surface area contributed by atoms with Crippen molar-refractivity contribution in [2.45, 2.75) is 219 Å². The number of hydrogen-bond donors (Lipinski definition) is 2. The molecule has 0 aromatic heterocycles. The lowest BCUT2D eigenvalue weighted by atomic mass is 10.0. The number of aliphatic carboxylic acids is 1. The molecule has 0 saturated carbocycles. The summed E-state index contributed by atoms with van der Waals surface area (Å²) in [6.07, 6.45) is 38.3. The Kier molecular flexibility index (Phi) is 37.4. The summed E-state index contributed by atoms with van der Waals surface area (Å²) in [5.74, 6) is -1.15. The van der Waals surface area contributed by atoms with Gasteiger partial charge in [-0.2, -0.15) is 0 Å². The number of amides is 1. The van der Waals surface area contributed by atoms with E-state index in [9.17, 15) is 9.59 Å². The molecule has 1 atom stereocenters. The maximum Gasteiger partial charge on any atom is 0.303 e. The fraction of sp³-hybridized carbons (Fsp3) is 0.950. The zero-order valence-corrected chi connectivity index (χ0v) is 30.9. The van der Waals surface area contributed by atoms with E-state index in [2.05, 4.69) is 19.2 Å². The number of carboxylic acids is 1. The molecule has 0 aromatic rings. The first-order chi connectivity index (χ1) is 22.6. The maximum absolute atomic E-state index is 11.9. The van der Waals surface area contributed by atoms with Gasteiger partial charge >= 0.3 is 5.97 Å². The van der Waals surface area contributed by atoms with E-state index in [4.69, 9.17) is 14.6 Å². The van der Waals surface area contributed by atoms with Gasteiger partial charge in [-0.1, -0.05) is 181 Å². The van der Waals surface area contributed by atoms with E-state index >= 15 is 0 Å². The van der Waals surface area contributed by atoms with Crippen molar-refractivity contribution in [3.8, 4) is 0 Å². The van der Waals surface area contributed by atoms with Crippen molar-refractivity contribution >= 4 is 11.9 Å². The van der Waals surface area contributed by atoms with Gasteiger partial charge in [-0.05, 0) is 19.3 Å². The number of carbonyl (C=O) groups excluding carboxylic acids is 1. The SMILES string of the molecule is CCCCCCCCCCCCCCCCOCC(CCNC(=O)CCC(=O)O)OCCCCCCCCCCCCCCCC. The molecule has 274 valence electrons. The second-order valence-corrected chi connectivity index (χ2v) is 13.8. The van der Waals surface area contributed by atoms with Gasteiger partial charge in [0.05, 0.1) is 19.1 Å². The molecule has 0 fully saturated rings. The number of unbranched alkanes of at least 4 members (excludes halogenated alkanes) is 26. The molecule has 0 bridgehead atoms. The second-order valence-electron chi connectivity index (χ2n) is 13.8. The first-order valence-electron chi connectivity index (χ1n) is 20.3. The molecule has 0 saturated heterocycles. The Morgan fingerprint density at radius 1 is 0.522 bits per heavy atom. The van der Waals surface area contributed by atoms with Gasteiger partial charge in [-0.3, -0.25) is 9.59 Å². The van der Waals surface area contributed by atoms with E-state index in [1.54, 1.807) is 0 Å². The van der Waals surface area contributed by atoms with E-state index in [0.717, 1.165) is 26.1 Å². The molecule has 1 unspecified atom stereocenters. The highest BCUT2D eigenvalue weighted by molar-refractivity contribution is 5.80.